The van der Waals surface area contributed by atoms with Gasteiger partial charge in [-0.2, -0.15) is 4.80 Å². The number of hydrogen-bond acceptors (Lipinski definition) is 5. The van der Waals surface area contributed by atoms with Crippen LogP contribution in [0.5, 0.6) is 0 Å². The summed E-state index contributed by atoms with van der Waals surface area (Å²) in [6.45, 7) is 1.93. The molecule has 0 radical (unpaired) electrons. The highest BCUT2D eigenvalue weighted by atomic mass is 79.9. The van der Waals surface area contributed by atoms with E-state index in [1.54, 1.807) is 13.1 Å². The first kappa shape index (κ1) is 11.2. The summed E-state index contributed by atoms with van der Waals surface area (Å²) in [5.74, 6) is -0.0264. The summed E-state index contributed by atoms with van der Waals surface area (Å²) in [6.07, 6.45) is 0. The lowest BCUT2D eigenvalue weighted by molar-refractivity contribution is 0.102. The minimum Gasteiger partial charge on any atom is -0.287 e. The second-order valence-corrected chi connectivity index (χ2v) is 5.49. The Morgan fingerprint density at radius 2 is 2.38 bits per heavy atom. The van der Waals surface area contributed by atoms with Gasteiger partial charge < -0.3 is 0 Å². The van der Waals surface area contributed by atoms with Gasteiger partial charge in [0.2, 0.25) is 0 Å². The molecular formula is C8H8BrN5OS. The first-order chi connectivity index (χ1) is 7.56. The number of nitrogens with zero attached hydrogens (tertiary/aromatic N) is 4. The van der Waals surface area contributed by atoms with Crippen molar-refractivity contribution in [3.63, 3.8) is 0 Å². The van der Waals surface area contributed by atoms with E-state index < -0.39 is 0 Å². The highest BCUT2D eigenvalue weighted by molar-refractivity contribution is 9.11. The maximum absolute atomic E-state index is 11.8. The van der Waals surface area contributed by atoms with Crippen LogP contribution in [0.25, 0.3) is 0 Å². The van der Waals surface area contributed by atoms with Gasteiger partial charge in [-0.15, -0.1) is 16.4 Å². The van der Waals surface area contributed by atoms with E-state index >= 15 is 0 Å². The Bertz CT molecular complexity index is 515. The summed E-state index contributed by atoms with van der Waals surface area (Å²) in [6, 6.07) is 1.81. The van der Waals surface area contributed by atoms with Crippen molar-refractivity contribution < 1.29 is 4.79 Å². The molecule has 6 nitrogen and oxygen atoms in total. The van der Waals surface area contributed by atoms with E-state index in [9.17, 15) is 4.79 Å². The van der Waals surface area contributed by atoms with Crippen LogP contribution in [0.2, 0.25) is 0 Å². The van der Waals surface area contributed by atoms with Crippen LogP contribution in [0.1, 0.15) is 15.2 Å². The van der Waals surface area contributed by atoms with Gasteiger partial charge in [0, 0.05) is 0 Å². The molecule has 0 saturated carbocycles. The van der Waals surface area contributed by atoms with E-state index in [1.165, 1.54) is 16.1 Å². The lowest BCUT2D eigenvalue weighted by Gasteiger charge is -1.95. The number of hydrogen-bond donors (Lipinski definition) is 1. The predicted molar refractivity (Wildman–Crippen MR) is 63.5 cm³/mol. The average Bonchev–Trinajstić information content (AvgIpc) is 2.75. The third-order valence-electron chi connectivity index (χ3n) is 1.81. The lowest BCUT2D eigenvalue weighted by atomic mass is 10.3. The van der Waals surface area contributed by atoms with Gasteiger partial charge in [-0.1, -0.05) is 5.10 Å². The van der Waals surface area contributed by atoms with Crippen molar-refractivity contribution in [2.24, 2.45) is 7.05 Å². The number of tetrazole rings is 1. The number of thiophene rings is 1. The molecule has 0 aliphatic rings. The van der Waals surface area contributed by atoms with Crippen LogP contribution in [-0.4, -0.2) is 26.1 Å². The number of carbonyl (C=O) groups excluding carboxylic acids is 1. The maximum atomic E-state index is 11.8. The minimum atomic E-state index is -0.230. The fourth-order valence-corrected chi connectivity index (χ4v) is 2.50. The van der Waals surface area contributed by atoms with Crippen molar-refractivity contribution in [1.29, 1.82) is 0 Å². The molecule has 0 saturated heterocycles. The van der Waals surface area contributed by atoms with Crippen LogP contribution in [0.15, 0.2) is 9.85 Å². The summed E-state index contributed by atoms with van der Waals surface area (Å²) < 4.78 is 0.949. The summed E-state index contributed by atoms with van der Waals surface area (Å²) in [5.41, 5.74) is 1.03. The topological polar surface area (TPSA) is 72.7 Å². The summed E-state index contributed by atoms with van der Waals surface area (Å²) >= 11 is 4.74. The molecule has 0 fully saturated rings. The van der Waals surface area contributed by atoms with Crippen LogP contribution in [0.4, 0.5) is 5.95 Å². The van der Waals surface area contributed by atoms with Gasteiger partial charge in [-0.25, -0.2) is 0 Å². The SMILES string of the molecule is Cc1cc(C(=O)Nc2nnn(C)n2)sc1Br. The van der Waals surface area contributed by atoms with E-state index in [-0.39, 0.29) is 11.9 Å². The molecule has 84 valence electrons. The van der Waals surface area contributed by atoms with Crippen LogP contribution in [-0.2, 0) is 7.05 Å². The Balaban J connectivity index is 2.14. The molecule has 0 bridgehead atoms. The van der Waals surface area contributed by atoms with Crippen LogP contribution in [0.3, 0.4) is 0 Å². The monoisotopic (exact) mass is 301 g/mol. The third kappa shape index (κ3) is 2.27. The fraction of sp³-hybridized carbons (Fsp3) is 0.250. The van der Waals surface area contributed by atoms with Gasteiger partial charge in [0.15, 0.2) is 0 Å². The first-order valence-electron chi connectivity index (χ1n) is 4.37. The molecule has 1 N–H and O–H groups in total. The normalized spacial score (nSPS) is 10.4. The van der Waals surface area contributed by atoms with Crippen LogP contribution in [0, 0.1) is 6.92 Å². The quantitative estimate of drug-likeness (QED) is 0.914. The number of amides is 1. The van der Waals surface area contributed by atoms with Crippen molar-refractivity contribution in [2.45, 2.75) is 6.92 Å². The minimum absolute atomic E-state index is 0.203. The van der Waals surface area contributed by atoms with E-state index in [0.717, 1.165) is 9.35 Å². The number of aromatic nitrogens is 4. The number of aryl methyl sites for hydroxylation is 2. The standard InChI is InChI=1S/C8H8BrN5OS/c1-4-3-5(16-6(4)9)7(15)10-8-11-13-14(2)12-8/h3H,1-2H3,(H,10,12,15). The number of rotatable bonds is 2. The van der Waals surface area contributed by atoms with Gasteiger partial charge in [-0.3, -0.25) is 10.1 Å². The highest BCUT2D eigenvalue weighted by Crippen LogP contribution is 2.27. The molecule has 0 unspecified atom stereocenters. The molecule has 2 aromatic heterocycles. The molecule has 16 heavy (non-hydrogen) atoms. The van der Waals surface area contributed by atoms with Crippen molar-refractivity contribution >= 4 is 39.1 Å². The average molecular weight is 302 g/mol. The van der Waals surface area contributed by atoms with Crippen molar-refractivity contribution in [1.82, 2.24) is 20.2 Å². The molecule has 0 aliphatic carbocycles. The van der Waals surface area contributed by atoms with Gasteiger partial charge >= 0.3 is 0 Å². The Morgan fingerprint density at radius 3 is 2.88 bits per heavy atom. The first-order valence-corrected chi connectivity index (χ1v) is 5.98. The van der Waals surface area contributed by atoms with Crippen LogP contribution < -0.4 is 5.32 Å². The molecule has 0 aliphatic heterocycles. The smallest absolute Gasteiger partial charge is 0.270 e. The summed E-state index contributed by atoms with van der Waals surface area (Å²) in [4.78, 5) is 13.6. The zero-order valence-corrected chi connectivity index (χ0v) is 11.0. The van der Waals surface area contributed by atoms with E-state index in [2.05, 4.69) is 36.7 Å². The number of nitrogens with one attached hydrogen (secondary N) is 1. The van der Waals surface area contributed by atoms with Crippen molar-refractivity contribution in [3.05, 3.63) is 20.3 Å². The van der Waals surface area contributed by atoms with Crippen LogP contribution >= 0.6 is 27.3 Å². The Labute approximate surface area is 104 Å². The molecule has 8 heteroatoms. The summed E-state index contributed by atoms with van der Waals surface area (Å²) in [5, 5.41) is 13.7. The van der Waals surface area contributed by atoms with E-state index in [0.29, 0.717) is 4.88 Å². The highest BCUT2D eigenvalue weighted by Gasteiger charge is 2.13. The summed E-state index contributed by atoms with van der Waals surface area (Å²) in [7, 11) is 1.63. The lowest BCUT2D eigenvalue weighted by Crippen LogP contribution is -2.11. The Morgan fingerprint density at radius 1 is 1.62 bits per heavy atom. The zero-order chi connectivity index (χ0) is 11.7. The molecule has 2 aromatic rings. The van der Waals surface area contributed by atoms with Crippen molar-refractivity contribution in [2.75, 3.05) is 5.32 Å². The van der Waals surface area contributed by atoms with Gasteiger partial charge in [-0.05, 0) is 39.7 Å². The van der Waals surface area contributed by atoms with Gasteiger partial charge in [0.1, 0.15) is 0 Å². The molecular weight excluding hydrogens is 294 g/mol. The Kier molecular flexibility index (Phi) is 3.01. The second-order valence-electron chi connectivity index (χ2n) is 3.12. The van der Waals surface area contributed by atoms with E-state index in [4.69, 9.17) is 0 Å². The number of anilines is 1. The van der Waals surface area contributed by atoms with E-state index in [1.807, 2.05) is 6.92 Å². The third-order valence-corrected chi connectivity index (χ3v) is 3.95. The Hall–Kier alpha value is -1.28. The number of halogens is 1. The largest absolute Gasteiger partial charge is 0.287 e. The number of carbonyl (C=O) groups is 1. The predicted octanol–water partition coefficient (Wildman–Crippen LogP) is 1.59. The molecule has 1 amide bonds. The van der Waals surface area contributed by atoms with Crippen molar-refractivity contribution in [3.8, 4) is 0 Å². The zero-order valence-electron chi connectivity index (χ0n) is 8.56. The molecule has 0 atom stereocenters. The van der Waals surface area contributed by atoms with Gasteiger partial charge in [0.05, 0.1) is 15.7 Å². The molecule has 0 spiro atoms. The fourth-order valence-electron chi connectivity index (χ4n) is 1.07. The molecule has 0 aromatic carbocycles. The maximum Gasteiger partial charge on any atom is 0.270 e. The molecule has 2 rings (SSSR count). The molecule has 2 heterocycles. The van der Waals surface area contributed by atoms with Gasteiger partial charge in [0.25, 0.3) is 11.9 Å². The second kappa shape index (κ2) is 4.30.